The van der Waals surface area contributed by atoms with Crippen molar-refractivity contribution in [3.05, 3.63) is 106 Å². The Hall–Kier alpha value is -5.13. The normalized spacial score (nSPS) is 11.9. The van der Waals surface area contributed by atoms with Gasteiger partial charge in [0.25, 0.3) is 11.5 Å². The van der Waals surface area contributed by atoms with Gasteiger partial charge in [0.1, 0.15) is 17.3 Å². The van der Waals surface area contributed by atoms with Gasteiger partial charge in [0.05, 0.1) is 19.2 Å². The van der Waals surface area contributed by atoms with Gasteiger partial charge in [-0.25, -0.2) is 18.7 Å². The molecule has 3 N–H and O–H groups in total. The van der Waals surface area contributed by atoms with E-state index in [1.807, 2.05) is 6.07 Å². The van der Waals surface area contributed by atoms with Gasteiger partial charge >= 0.3 is 0 Å². The van der Waals surface area contributed by atoms with Crippen molar-refractivity contribution in [2.45, 2.75) is 19.0 Å². The quantitative estimate of drug-likeness (QED) is 0.281. The SMILES string of the molecule is CNC(=O)C[C@@H](NC(=O)c1cccn(Cc2ccc(F)c(F)c2)c1=O)c1ncc(-c2c[nH]c3ncccc23)o1. The molecule has 0 saturated carbocycles. The summed E-state index contributed by atoms with van der Waals surface area (Å²) in [5, 5.41) is 5.96. The molecule has 1 atom stereocenters. The van der Waals surface area contributed by atoms with E-state index in [2.05, 4.69) is 25.6 Å². The molecule has 0 spiro atoms. The molecule has 4 aromatic heterocycles. The topological polar surface area (TPSA) is 135 Å². The number of benzene rings is 1. The van der Waals surface area contributed by atoms with Gasteiger partial charge in [-0.1, -0.05) is 6.07 Å². The molecule has 0 aliphatic rings. The molecule has 0 radical (unpaired) electrons. The smallest absolute Gasteiger partial charge is 0.263 e. The van der Waals surface area contributed by atoms with Gasteiger partial charge in [-0.3, -0.25) is 14.4 Å². The van der Waals surface area contributed by atoms with Crippen molar-refractivity contribution in [3.63, 3.8) is 0 Å². The van der Waals surface area contributed by atoms with Gasteiger partial charge < -0.3 is 24.6 Å². The highest BCUT2D eigenvalue weighted by Crippen LogP contribution is 2.30. The molecule has 1 aromatic carbocycles. The van der Waals surface area contributed by atoms with E-state index in [9.17, 15) is 23.2 Å². The second-order valence-corrected chi connectivity index (χ2v) is 8.67. The van der Waals surface area contributed by atoms with Crippen LogP contribution in [0, 0.1) is 11.6 Å². The predicted octanol–water partition coefficient (Wildman–Crippen LogP) is 3.31. The van der Waals surface area contributed by atoms with Crippen LogP contribution in [0.25, 0.3) is 22.4 Å². The largest absolute Gasteiger partial charge is 0.438 e. The van der Waals surface area contributed by atoms with Crippen LogP contribution < -0.4 is 16.2 Å². The van der Waals surface area contributed by atoms with E-state index in [1.165, 1.54) is 42.2 Å². The first-order chi connectivity index (χ1) is 18.8. The van der Waals surface area contributed by atoms with Crippen LogP contribution in [-0.2, 0) is 11.3 Å². The molecular formula is C27H22F2N6O4. The zero-order valence-corrected chi connectivity index (χ0v) is 20.6. The fourth-order valence-corrected chi connectivity index (χ4v) is 4.13. The lowest BCUT2D eigenvalue weighted by molar-refractivity contribution is -0.121. The van der Waals surface area contributed by atoms with Crippen molar-refractivity contribution in [2.24, 2.45) is 0 Å². The first kappa shape index (κ1) is 25.5. The highest BCUT2D eigenvalue weighted by Gasteiger charge is 2.25. The second kappa shape index (κ2) is 10.7. The minimum absolute atomic E-state index is 0.0678. The van der Waals surface area contributed by atoms with Crippen LogP contribution >= 0.6 is 0 Å². The van der Waals surface area contributed by atoms with Crippen molar-refractivity contribution in [1.29, 1.82) is 0 Å². The highest BCUT2D eigenvalue weighted by molar-refractivity contribution is 5.94. The number of amides is 2. The lowest BCUT2D eigenvalue weighted by Crippen LogP contribution is -2.37. The summed E-state index contributed by atoms with van der Waals surface area (Å²) in [4.78, 5) is 50.0. The first-order valence-electron chi connectivity index (χ1n) is 11.9. The molecule has 0 unspecified atom stereocenters. The third-order valence-electron chi connectivity index (χ3n) is 6.11. The van der Waals surface area contributed by atoms with E-state index < -0.39 is 29.1 Å². The molecule has 0 bridgehead atoms. The molecule has 4 heterocycles. The van der Waals surface area contributed by atoms with Crippen LogP contribution in [-0.4, -0.2) is 38.4 Å². The number of oxazole rings is 1. The number of nitrogens with zero attached hydrogens (tertiary/aromatic N) is 3. The summed E-state index contributed by atoms with van der Waals surface area (Å²) in [6.45, 7) is -0.0819. The Kier molecular flexibility index (Phi) is 7.00. The standard InChI is InChI=1S/C27H22F2N6O4/c1-30-23(36)11-21(26-33-13-22(39-26)18-12-32-24-16(18)4-2-8-31-24)34-25(37)17-5-3-9-35(27(17)38)14-15-6-7-19(28)20(29)10-15/h2-10,12-13,21H,11,14H2,1H3,(H,30,36)(H,31,32)(H,34,37)/t21-/m1/s1. The Labute approximate surface area is 219 Å². The Morgan fingerprint density at radius 3 is 2.77 bits per heavy atom. The van der Waals surface area contributed by atoms with Crippen LogP contribution in [0.15, 0.2) is 76.5 Å². The molecule has 0 aliphatic heterocycles. The van der Waals surface area contributed by atoms with Gasteiger partial charge in [-0.2, -0.15) is 0 Å². The van der Waals surface area contributed by atoms with Crippen molar-refractivity contribution >= 4 is 22.8 Å². The molecule has 5 aromatic rings. The number of nitrogens with one attached hydrogen (secondary N) is 3. The van der Waals surface area contributed by atoms with Crippen LogP contribution in [0.1, 0.15) is 34.3 Å². The molecule has 12 heteroatoms. The van der Waals surface area contributed by atoms with E-state index >= 15 is 0 Å². The van der Waals surface area contributed by atoms with E-state index in [1.54, 1.807) is 18.5 Å². The number of fused-ring (bicyclic) bond motifs is 1. The number of pyridine rings is 2. The fourth-order valence-electron chi connectivity index (χ4n) is 4.13. The number of H-pyrrole nitrogens is 1. The number of hydrogen-bond donors (Lipinski definition) is 3. The zero-order chi connectivity index (χ0) is 27.5. The second-order valence-electron chi connectivity index (χ2n) is 8.67. The van der Waals surface area contributed by atoms with E-state index in [0.717, 1.165) is 17.5 Å². The van der Waals surface area contributed by atoms with E-state index in [-0.39, 0.29) is 30.3 Å². The molecule has 10 nitrogen and oxygen atoms in total. The minimum atomic E-state index is -1.04. The number of rotatable bonds is 8. The molecule has 0 fully saturated rings. The number of carbonyl (C=O) groups is 2. The summed E-state index contributed by atoms with van der Waals surface area (Å²) in [5.74, 6) is -2.73. The van der Waals surface area contributed by atoms with Crippen LogP contribution in [0.2, 0.25) is 0 Å². The number of aromatic amines is 1. The fraction of sp³-hybridized carbons (Fsp3) is 0.148. The summed E-state index contributed by atoms with van der Waals surface area (Å²) < 4.78 is 34.0. The Morgan fingerprint density at radius 1 is 1.13 bits per heavy atom. The summed E-state index contributed by atoms with van der Waals surface area (Å²) in [7, 11) is 1.45. The maximum atomic E-state index is 13.6. The molecule has 0 saturated heterocycles. The monoisotopic (exact) mass is 532 g/mol. The van der Waals surface area contributed by atoms with Crippen LogP contribution in [0.4, 0.5) is 8.78 Å². The average molecular weight is 533 g/mol. The molecule has 198 valence electrons. The summed E-state index contributed by atoms with van der Waals surface area (Å²) in [6.07, 6.45) is 6.07. The van der Waals surface area contributed by atoms with Gasteiger partial charge in [0, 0.05) is 36.6 Å². The zero-order valence-electron chi connectivity index (χ0n) is 20.6. The van der Waals surface area contributed by atoms with Crippen LogP contribution in [0.5, 0.6) is 0 Å². The maximum Gasteiger partial charge on any atom is 0.263 e. The third-order valence-corrected chi connectivity index (χ3v) is 6.11. The Morgan fingerprint density at radius 2 is 1.97 bits per heavy atom. The number of aromatic nitrogens is 4. The Balaban J connectivity index is 1.41. The van der Waals surface area contributed by atoms with Crippen molar-refractivity contribution in [1.82, 2.24) is 30.2 Å². The predicted molar refractivity (Wildman–Crippen MR) is 137 cm³/mol. The number of carbonyl (C=O) groups excluding carboxylic acids is 2. The highest BCUT2D eigenvalue weighted by atomic mass is 19.2. The molecular weight excluding hydrogens is 510 g/mol. The maximum absolute atomic E-state index is 13.6. The van der Waals surface area contributed by atoms with Gasteiger partial charge in [0.2, 0.25) is 11.8 Å². The lowest BCUT2D eigenvalue weighted by atomic mass is 10.1. The molecule has 2 amide bonds. The van der Waals surface area contributed by atoms with Crippen molar-refractivity contribution in [2.75, 3.05) is 7.05 Å². The summed E-state index contributed by atoms with van der Waals surface area (Å²) in [6, 6.07) is 8.76. The van der Waals surface area contributed by atoms with E-state index in [0.29, 0.717) is 22.5 Å². The lowest BCUT2D eigenvalue weighted by Gasteiger charge is -2.15. The van der Waals surface area contributed by atoms with Crippen molar-refractivity contribution in [3.8, 4) is 11.3 Å². The van der Waals surface area contributed by atoms with Gasteiger partial charge in [0.15, 0.2) is 17.4 Å². The van der Waals surface area contributed by atoms with Gasteiger partial charge in [-0.15, -0.1) is 0 Å². The third kappa shape index (κ3) is 5.30. The van der Waals surface area contributed by atoms with E-state index in [4.69, 9.17) is 4.42 Å². The molecule has 5 rings (SSSR count). The summed E-state index contributed by atoms with van der Waals surface area (Å²) >= 11 is 0. The Bertz CT molecular complexity index is 1740. The molecule has 39 heavy (non-hydrogen) atoms. The van der Waals surface area contributed by atoms with Gasteiger partial charge in [-0.05, 0) is 42.0 Å². The molecule has 0 aliphatic carbocycles. The average Bonchev–Trinajstić information content (AvgIpc) is 3.59. The number of hydrogen-bond acceptors (Lipinski definition) is 6. The minimum Gasteiger partial charge on any atom is -0.438 e. The summed E-state index contributed by atoms with van der Waals surface area (Å²) in [5.41, 5.74) is 0.828. The first-order valence-corrected chi connectivity index (χ1v) is 11.9. The van der Waals surface area contributed by atoms with Crippen molar-refractivity contribution < 1.29 is 22.8 Å². The number of halogens is 2. The van der Waals surface area contributed by atoms with Crippen LogP contribution in [0.3, 0.4) is 0 Å².